The van der Waals surface area contributed by atoms with Crippen molar-refractivity contribution >= 4 is 29.4 Å². The first kappa shape index (κ1) is 14.2. The van der Waals surface area contributed by atoms with Gasteiger partial charge in [0.25, 0.3) is 0 Å². The summed E-state index contributed by atoms with van der Waals surface area (Å²) in [7, 11) is 1.66. The van der Waals surface area contributed by atoms with Gasteiger partial charge in [-0.1, -0.05) is 0 Å². The largest absolute Gasteiger partial charge is 0.480 e. The Kier molecular flexibility index (Phi) is 3.75. The van der Waals surface area contributed by atoms with Crippen LogP contribution in [0.4, 0.5) is 10.5 Å². The zero-order valence-corrected chi connectivity index (χ0v) is 12.5. The summed E-state index contributed by atoms with van der Waals surface area (Å²) in [6.45, 7) is 0. The average Bonchev–Trinajstić information content (AvgIpc) is 3.24. The van der Waals surface area contributed by atoms with Crippen molar-refractivity contribution in [1.82, 2.24) is 9.88 Å². The maximum atomic E-state index is 12.8. The topological polar surface area (TPSA) is 73.7 Å². The Hall–Kier alpha value is -1.76. The van der Waals surface area contributed by atoms with E-state index in [-0.39, 0.29) is 11.4 Å². The molecule has 1 saturated heterocycles. The van der Waals surface area contributed by atoms with Gasteiger partial charge in [-0.2, -0.15) is 0 Å². The van der Waals surface area contributed by atoms with Crippen molar-refractivity contribution in [1.29, 1.82) is 0 Å². The number of nitrogens with zero attached hydrogens (tertiary/aromatic N) is 3. The number of hydrogen-bond acceptors (Lipinski definition) is 4. The molecule has 0 spiro atoms. The van der Waals surface area contributed by atoms with Crippen LogP contribution in [0.5, 0.6) is 0 Å². The third-order valence-electron chi connectivity index (χ3n) is 3.89. The molecule has 2 atom stereocenters. The van der Waals surface area contributed by atoms with Crippen LogP contribution in [0.25, 0.3) is 0 Å². The molecule has 0 aromatic carbocycles. The number of carboxylic acid groups (broad SMARTS) is 1. The minimum Gasteiger partial charge on any atom is -0.480 e. The van der Waals surface area contributed by atoms with E-state index in [2.05, 4.69) is 4.98 Å². The summed E-state index contributed by atoms with van der Waals surface area (Å²) in [5, 5.41) is 9.35. The van der Waals surface area contributed by atoms with E-state index in [0.717, 1.165) is 12.8 Å². The number of pyridine rings is 1. The van der Waals surface area contributed by atoms with E-state index in [1.807, 2.05) is 0 Å². The number of urea groups is 1. The van der Waals surface area contributed by atoms with Gasteiger partial charge in [-0.05, 0) is 30.9 Å². The molecule has 0 radical (unpaired) electrons. The predicted octanol–water partition coefficient (Wildman–Crippen LogP) is 1.88. The van der Waals surface area contributed by atoms with E-state index in [4.69, 9.17) is 0 Å². The van der Waals surface area contributed by atoms with Gasteiger partial charge in [-0.15, -0.1) is 11.8 Å². The van der Waals surface area contributed by atoms with Crippen LogP contribution in [0.1, 0.15) is 12.8 Å². The molecule has 2 unspecified atom stereocenters. The lowest BCUT2D eigenvalue weighted by Gasteiger charge is -2.31. The van der Waals surface area contributed by atoms with E-state index in [9.17, 15) is 14.7 Å². The number of carbonyl (C=O) groups is 2. The van der Waals surface area contributed by atoms with Crippen LogP contribution in [0, 0.1) is 5.92 Å². The molecular weight excluding hydrogens is 290 g/mol. The lowest BCUT2D eigenvalue weighted by Crippen LogP contribution is -2.51. The summed E-state index contributed by atoms with van der Waals surface area (Å²) >= 11 is 1.58. The maximum absolute atomic E-state index is 12.8. The molecule has 1 aliphatic heterocycles. The number of rotatable bonds is 3. The normalized spacial score (nSPS) is 24.9. The van der Waals surface area contributed by atoms with Crippen molar-refractivity contribution in [2.24, 2.45) is 5.92 Å². The van der Waals surface area contributed by atoms with Gasteiger partial charge in [0.1, 0.15) is 6.04 Å². The molecule has 1 aromatic heterocycles. The molecule has 7 heteroatoms. The molecule has 112 valence electrons. The fraction of sp³-hybridized carbons (Fsp3) is 0.500. The highest BCUT2D eigenvalue weighted by molar-refractivity contribution is 8.00. The lowest BCUT2D eigenvalue weighted by atomic mass is 10.2. The lowest BCUT2D eigenvalue weighted by molar-refractivity contribution is -0.141. The molecule has 1 aliphatic carbocycles. The monoisotopic (exact) mass is 307 g/mol. The number of anilines is 1. The molecule has 2 fully saturated rings. The van der Waals surface area contributed by atoms with Crippen LogP contribution < -0.4 is 4.90 Å². The fourth-order valence-electron chi connectivity index (χ4n) is 2.54. The standard InChI is InChI=1S/C14H17N3O3S/c1-16(10-3-2-6-15-7-10)14(20)17-11(13(18)19)8-21-12(17)9-4-5-9/h2-3,6-7,9,11-12H,4-5,8H2,1H3,(H,18,19). The summed E-state index contributed by atoms with van der Waals surface area (Å²) in [4.78, 5) is 31.2. The first-order chi connectivity index (χ1) is 10.1. The molecular formula is C14H17N3O3S. The Bertz CT molecular complexity index is 550. The molecule has 1 saturated carbocycles. The molecule has 2 amide bonds. The zero-order chi connectivity index (χ0) is 15.0. The number of amides is 2. The first-order valence-corrected chi connectivity index (χ1v) is 7.95. The van der Waals surface area contributed by atoms with Gasteiger partial charge in [-0.25, -0.2) is 9.59 Å². The summed E-state index contributed by atoms with van der Waals surface area (Å²) in [6.07, 6.45) is 5.39. The first-order valence-electron chi connectivity index (χ1n) is 6.90. The van der Waals surface area contributed by atoms with Crippen LogP contribution in [0.15, 0.2) is 24.5 Å². The van der Waals surface area contributed by atoms with Crippen molar-refractivity contribution in [3.05, 3.63) is 24.5 Å². The zero-order valence-electron chi connectivity index (χ0n) is 11.7. The highest BCUT2D eigenvalue weighted by atomic mass is 32.2. The van der Waals surface area contributed by atoms with Crippen molar-refractivity contribution in [3.63, 3.8) is 0 Å². The Balaban J connectivity index is 1.84. The van der Waals surface area contributed by atoms with Crippen LogP contribution in [-0.4, -0.2) is 51.2 Å². The van der Waals surface area contributed by atoms with Crippen molar-refractivity contribution in [3.8, 4) is 0 Å². The Morgan fingerprint density at radius 2 is 2.24 bits per heavy atom. The second-order valence-electron chi connectivity index (χ2n) is 5.38. The maximum Gasteiger partial charge on any atom is 0.327 e. The summed E-state index contributed by atoms with van der Waals surface area (Å²) in [5.41, 5.74) is 0.665. The van der Waals surface area contributed by atoms with Gasteiger partial charge >= 0.3 is 12.0 Å². The highest BCUT2D eigenvalue weighted by Gasteiger charge is 2.48. The van der Waals surface area contributed by atoms with Crippen LogP contribution in [0.3, 0.4) is 0 Å². The molecule has 2 heterocycles. The predicted molar refractivity (Wildman–Crippen MR) is 80.3 cm³/mol. The van der Waals surface area contributed by atoms with Crippen molar-refractivity contribution < 1.29 is 14.7 Å². The third kappa shape index (κ3) is 2.70. The molecule has 1 aromatic rings. The van der Waals surface area contributed by atoms with Gasteiger partial charge in [0.2, 0.25) is 0 Å². The van der Waals surface area contributed by atoms with Gasteiger partial charge < -0.3 is 5.11 Å². The molecule has 0 bridgehead atoms. The van der Waals surface area contributed by atoms with E-state index in [1.54, 1.807) is 43.3 Å². The summed E-state index contributed by atoms with van der Waals surface area (Å²) in [5.74, 6) is -0.0347. The quantitative estimate of drug-likeness (QED) is 0.923. The third-order valence-corrected chi connectivity index (χ3v) is 5.35. The second-order valence-corrected chi connectivity index (χ2v) is 6.53. The molecule has 3 rings (SSSR count). The minimum atomic E-state index is -0.932. The van der Waals surface area contributed by atoms with Gasteiger partial charge in [0.05, 0.1) is 17.3 Å². The second kappa shape index (κ2) is 5.55. The highest BCUT2D eigenvalue weighted by Crippen LogP contribution is 2.45. The number of thioether (sulfide) groups is 1. The number of carbonyl (C=O) groups excluding carboxylic acids is 1. The molecule has 2 aliphatic rings. The van der Waals surface area contributed by atoms with Gasteiger partial charge in [-0.3, -0.25) is 14.8 Å². The van der Waals surface area contributed by atoms with Gasteiger partial charge in [0, 0.05) is 19.0 Å². The van der Waals surface area contributed by atoms with E-state index in [0.29, 0.717) is 17.4 Å². The Labute approximate surface area is 127 Å². The number of hydrogen-bond donors (Lipinski definition) is 1. The van der Waals surface area contributed by atoms with E-state index >= 15 is 0 Å². The molecule has 21 heavy (non-hydrogen) atoms. The summed E-state index contributed by atoms with van der Waals surface area (Å²) in [6, 6.07) is 2.53. The fourth-order valence-corrected chi connectivity index (χ4v) is 4.17. The number of aromatic nitrogens is 1. The Morgan fingerprint density at radius 3 is 2.81 bits per heavy atom. The molecule has 1 N–H and O–H groups in total. The smallest absolute Gasteiger partial charge is 0.327 e. The van der Waals surface area contributed by atoms with Crippen LogP contribution in [-0.2, 0) is 4.79 Å². The average molecular weight is 307 g/mol. The SMILES string of the molecule is CN(C(=O)N1C(C(=O)O)CSC1C1CC1)c1cccnc1. The van der Waals surface area contributed by atoms with Crippen LogP contribution >= 0.6 is 11.8 Å². The van der Waals surface area contributed by atoms with Crippen molar-refractivity contribution in [2.45, 2.75) is 24.3 Å². The van der Waals surface area contributed by atoms with E-state index in [1.165, 1.54) is 9.80 Å². The van der Waals surface area contributed by atoms with Gasteiger partial charge in [0.15, 0.2) is 0 Å². The van der Waals surface area contributed by atoms with E-state index < -0.39 is 12.0 Å². The number of carboxylic acids is 1. The molecule has 6 nitrogen and oxygen atoms in total. The minimum absolute atomic E-state index is 0.0160. The van der Waals surface area contributed by atoms with Crippen LogP contribution in [0.2, 0.25) is 0 Å². The Morgan fingerprint density at radius 1 is 1.48 bits per heavy atom. The summed E-state index contributed by atoms with van der Waals surface area (Å²) < 4.78 is 0. The number of aliphatic carboxylic acids is 1. The van der Waals surface area contributed by atoms with Crippen molar-refractivity contribution in [2.75, 3.05) is 17.7 Å².